The van der Waals surface area contributed by atoms with Gasteiger partial charge in [-0.25, -0.2) is 8.42 Å². The van der Waals surface area contributed by atoms with E-state index in [2.05, 4.69) is 14.9 Å². The van der Waals surface area contributed by atoms with Crippen molar-refractivity contribution in [3.05, 3.63) is 58.6 Å². The van der Waals surface area contributed by atoms with Crippen LogP contribution in [-0.2, 0) is 27.7 Å². The van der Waals surface area contributed by atoms with E-state index in [1.165, 1.54) is 0 Å². The Morgan fingerprint density at radius 2 is 1.97 bits per heavy atom. The minimum absolute atomic E-state index is 0.0296. The fourth-order valence-corrected chi connectivity index (χ4v) is 5.26. The molecule has 5 rings (SSSR count). The van der Waals surface area contributed by atoms with Crippen LogP contribution in [-0.4, -0.2) is 31.1 Å². The Balaban J connectivity index is 1.46. The topological polar surface area (TPSA) is 95.2 Å². The van der Waals surface area contributed by atoms with Crippen LogP contribution in [0.1, 0.15) is 17.5 Å². The Morgan fingerprint density at radius 3 is 2.79 bits per heavy atom. The Labute approximate surface area is 172 Å². The highest BCUT2D eigenvalue weighted by Gasteiger charge is 2.33. The van der Waals surface area contributed by atoms with E-state index in [-0.39, 0.29) is 23.0 Å². The molecule has 7 nitrogen and oxygen atoms in total. The maximum absolute atomic E-state index is 13.0. The van der Waals surface area contributed by atoms with Crippen LogP contribution in [0.3, 0.4) is 0 Å². The fourth-order valence-electron chi connectivity index (χ4n) is 3.98. The van der Waals surface area contributed by atoms with Crippen molar-refractivity contribution >= 4 is 39.0 Å². The zero-order chi connectivity index (χ0) is 20.2. The van der Waals surface area contributed by atoms with E-state index in [9.17, 15) is 13.2 Å². The van der Waals surface area contributed by atoms with Crippen LogP contribution in [0.4, 0.5) is 11.5 Å². The summed E-state index contributed by atoms with van der Waals surface area (Å²) in [6, 6.07) is 12.1. The first-order valence-electron chi connectivity index (χ1n) is 9.21. The third-order valence-electron chi connectivity index (χ3n) is 5.24. The number of nitrogens with zero attached hydrogens (tertiary/aromatic N) is 2. The lowest BCUT2D eigenvalue weighted by atomic mass is 10.0. The van der Waals surface area contributed by atoms with Crippen molar-refractivity contribution in [1.29, 1.82) is 0 Å². The van der Waals surface area contributed by atoms with Gasteiger partial charge >= 0.3 is 0 Å². The Morgan fingerprint density at radius 1 is 1.14 bits per heavy atom. The summed E-state index contributed by atoms with van der Waals surface area (Å²) < 4.78 is 28.5. The zero-order valence-electron chi connectivity index (χ0n) is 15.3. The number of benzene rings is 2. The summed E-state index contributed by atoms with van der Waals surface area (Å²) in [7, 11) is -3.84. The number of aromatic nitrogens is 2. The van der Waals surface area contributed by atoms with Gasteiger partial charge in [0.2, 0.25) is 5.91 Å². The van der Waals surface area contributed by atoms with Crippen molar-refractivity contribution in [1.82, 2.24) is 10.2 Å². The summed E-state index contributed by atoms with van der Waals surface area (Å²) in [6.07, 6.45) is 1.83. The number of carbonyl (C=O) groups is 1. The van der Waals surface area contributed by atoms with E-state index in [1.807, 2.05) is 12.1 Å². The van der Waals surface area contributed by atoms with Crippen molar-refractivity contribution in [3.63, 3.8) is 0 Å². The highest BCUT2D eigenvalue weighted by molar-refractivity contribution is 7.92. The minimum atomic E-state index is -3.84. The van der Waals surface area contributed by atoms with Gasteiger partial charge in [-0.15, -0.1) is 0 Å². The minimum Gasteiger partial charge on any atom is -0.312 e. The van der Waals surface area contributed by atoms with E-state index < -0.39 is 10.0 Å². The van der Waals surface area contributed by atoms with Crippen LogP contribution in [0.25, 0.3) is 11.3 Å². The lowest BCUT2D eigenvalue weighted by molar-refractivity contribution is -0.117. The largest absolute Gasteiger partial charge is 0.312 e. The van der Waals surface area contributed by atoms with Crippen molar-refractivity contribution < 1.29 is 13.2 Å². The highest BCUT2D eigenvalue weighted by Crippen LogP contribution is 2.38. The Hall–Kier alpha value is -2.84. The third-order valence-corrected chi connectivity index (χ3v) is 6.81. The quantitative estimate of drug-likeness (QED) is 0.666. The molecule has 1 aromatic heterocycles. The van der Waals surface area contributed by atoms with E-state index in [1.54, 1.807) is 35.2 Å². The van der Waals surface area contributed by atoms with Crippen molar-refractivity contribution in [2.24, 2.45) is 0 Å². The standard InChI is InChI=1S/C20H17ClN4O3S/c21-15-5-1-3-12(7-15)17-11-18(23-22-17)24-29(27,28)16-8-13-4-2-6-25-19(26)10-14(9-16)20(13)25/h1,3,5,7-9,11H,2,4,6,10H2,(H2,22,23,24). The lowest BCUT2D eigenvalue weighted by Crippen LogP contribution is -2.31. The number of halogens is 1. The van der Waals surface area contributed by atoms with Gasteiger partial charge < -0.3 is 4.90 Å². The second kappa shape index (κ2) is 6.60. The number of anilines is 2. The summed E-state index contributed by atoms with van der Waals surface area (Å²) in [6.45, 7) is 0.697. The molecule has 0 fully saturated rings. The molecule has 2 aliphatic rings. The number of H-pyrrole nitrogens is 1. The first kappa shape index (κ1) is 18.2. The van der Waals surface area contributed by atoms with E-state index in [4.69, 9.17) is 11.6 Å². The molecule has 29 heavy (non-hydrogen) atoms. The second-order valence-corrected chi connectivity index (χ2v) is 9.32. The molecular formula is C20H17ClN4O3S. The smallest absolute Gasteiger partial charge is 0.263 e. The van der Waals surface area contributed by atoms with Crippen LogP contribution in [0, 0.1) is 0 Å². The third kappa shape index (κ3) is 3.18. The number of hydrogen-bond acceptors (Lipinski definition) is 4. The molecule has 0 radical (unpaired) electrons. The Bertz CT molecular complexity index is 1250. The molecule has 2 aromatic carbocycles. The first-order valence-corrected chi connectivity index (χ1v) is 11.1. The predicted octanol–water partition coefficient (Wildman–Crippen LogP) is 3.37. The first-order chi connectivity index (χ1) is 13.9. The van der Waals surface area contributed by atoms with Crippen LogP contribution in [0.5, 0.6) is 0 Å². The highest BCUT2D eigenvalue weighted by atomic mass is 35.5. The predicted molar refractivity (Wildman–Crippen MR) is 111 cm³/mol. The molecule has 9 heteroatoms. The molecule has 2 N–H and O–H groups in total. The van der Waals surface area contributed by atoms with E-state index in [0.29, 0.717) is 17.3 Å². The van der Waals surface area contributed by atoms with Gasteiger partial charge in [0.25, 0.3) is 10.0 Å². The molecular weight excluding hydrogens is 412 g/mol. The van der Waals surface area contributed by atoms with Gasteiger partial charge in [0, 0.05) is 23.2 Å². The molecule has 1 amide bonds. The van der Waals surface area contributed by atoms with Crippen LogP contribution < -0.4 is 9.62 Å². The normalized spacial score (nSPS) is 15.5. The molecule has 2 aliphatic heterocycles. The van der Waals surface area contributed by atoms with Gasteiger partial charge in [-0.3, -0.25) is 14.6 Å². The molecule has 0 spiro atoms. The molecule has 0 saturated heterocycles. The molecule has 0 unspecified atom stereocenters. The van der Waals surface area contributed by atoms with Crippen molar-refractivity contribution in [3.8, 4) is 11.3 Å². The van der Waals surface area contributed by atoms with Crippen LogP contribution >= 0.6 is 11.6 Å². The molecule has 0 atom stereocenters. The summed E-state index contributed by atoms with van der Waals surface area (Å²) in [4.78, 5) is 14.1. The van der Waals surface area contributed by atoms with E-state index in [0.717, 1.165) is 35.2 Å². The molecule has 148 valence electrons. The SMILES string of the molecule is O=C1Cc2cc(S(=O)(=O)Nc3cc(-c4cccc(Cl)c4)[nH]n3)cc3c2N1CCC3. The summed E-state index contributed by atoms with van der Waals surface area (Å²) in [5.41, 5.74) is 4.02. The maximum atomic E-state index is 13.0. The van der Waals surface area contributed by atoms with Gasteiger partial charge in [0.1, 0.15) is 0 Å². The number of amides is 1. The van der Waals surface area contributed by atoms with Crippen molar-refractivity contribution in [2.75, 3.05) is 16.2 Å². The van der Waals surface area contributed by atoms with Gasteiger partial charge in [0.05, 0.1) is 22.7 Å². The van der Waals surface area contributed by atoms with Crippen LogP contribution in [0.2, 0.25) is 5.02 Å². The molecule has 0 aliphatic carbocycles. The number of aryl methyl sites for hydroxylation is 1. The summed E-state index contributed by atoms with van der Waals surface area (Å²) in [5.74, 6) is 0.216. The average Bonchev–Trinajstić information content (AvgIpc) is 3.27. The number of rotatable bonds is 4. The fraction of sp³-hybridized carbons (Fsp3) is 0.200. The molecule has 3 heterocycles. The summed E-state index contributed by atoms with van der Waals surface area (Å²) >= 11 is 6.02. The monoisotopic (exact) mass is 428 g/mol. The molecule has 0 saturated carbocycles. The second-order valence-electron chi connectivity index (χ2n) is 7.20. The van der Waals surface area contributed by atoms with Gasteiger partial charge in [-0.1, -0.05) is 23.7 Å². The zero-order valence-corrected chi connectivity index (χ0v) is 16.8. The number of nitrogens with one attached hydrogen (secondary N) is 2. The number of hydrogen-bond donors (Lipinski definition) is 2. The van der Waals surface area contributed by atoms with Crippen molar-refractivity contribution in [2.45, 2.75) is 24.2 Å². The maximum Gasteiger partial charge on any atom is 0.263 e. The molecule has 3 aromatic rings. The number of aromatic amines is 1. The van der Waals surface area contributed by atoms with Gasteiger partial charge in [-0.2, -0.15) is 5.10 Å². The molecule has 0 bridgehead atoms. The van der Waals surface area contributed by atoms with Crippen LogP contribution in [0.15, 0.2) is 47.4 Å². The van der Waals surface area contributed by atoms with Gasteiger partial charge in [-0.05, 0) is 48.2 Å². The lowest BCUT2D eigenvalue weighted by Gasteiger charge is -2.25. The van der Waals surface area contributed by atoms with E-state index >= 15 is 0 Å². The number of sulfonamides is 1. The number of carbonyl (C=O) groups excluding carboxylic acids is 1. The average molecular weight is 429 g/mol. The van der Waals surface area contributed by atoms with Gasteiger partial charge in [0.15, 0.2) is 5.82 Å². The Kier molecular flexibility index (Phi) is 4.15. The summed E-state index contributed by atoms with van der Waals surface area (Å²) in [5, 5.41) is 7.46.